The number of carbonyl (C=O) groups excluding carboxylic acids is 2. The van der Waals surface area contributed by atoms with Gasteiger partial charge < -0.3 is 14.6 Å². The maximum Gasteiger partial charge on any atom is 0.296 e. The molecule has 0 saturated carbocycles. The van der Waals surface area contributed by atoms with E-state index in [9.17, 15) is 19.8 Å². The van der Waals surface area contributed by atoms with Gasteiger partial charge in [-0.15, -0.1) is 10.2 Å². The van der Waals surface area contributed by atoms with Gasteiger partial charge in [-0.2, -0.15) is 0 Å². The van der Waals surface area contributed by atoms with Gasteiger partial charge in [-0.1, -0.05) is 22.9 Å². The number of rotatable bonds is 4. The molecule has 0 aliphatic carbocycles. The minimum absolute atomic E-state index is 0.0602. The quantitative estimate of drug-likeness (QED) is 0.642. The zero-order chi connectivity index (χ0) is 19.1. The van der Waals surface area contributed by atoms with Gasteiger partial charge in [-0.3, -0.25) is 14.5 Å². The van der Waals surface area contributed by atoms with Gasteiger partial charge in [0.25, 0.3) is 5.91 Å². The van der Waals surface area contributed by atoms with Gasteiger partial charge >= 0.3 is 0 Å². The van der Waals surface area contributed by atoms with Crippen LogP contribution in [-0.2, 0) is 4.79 Å². The number of phenols is 1. The second-order valence-electron chi connectivity index (χ2n) is 5.57. The van der Waals surface area contributed by atoms with Crippen LogP contribution < -0.4 is 4.90 Å². The Morgan fingerprint density at radius 2 is 2.11 bits per heavy atom. The first-order valence-corrected chi connectivity index (χ1v) is 8.84. The predicted octanol–water partition coefficient (Wildman–Crippen LogP) is 3.27. The SMILES string of the molecule is O=C(C1=C(O)C(=O)N(c2nncs2)C1c1cc(Cl)ccc1O)c1ccco1. The summed E-state index contributed by atoms with van der Waals surface area (Å²) in [7, 11) is 0. The molecule has 136 valence electrons. The van der Waals surface area contributed by atoms with Crippen molar-refractivity contribution in [2.24, 2.45) is 0 Å². The lowest BCUT2D eigenvalue weighted by Crippen LogP contribution is -2.31. The molecule has 1 amide bonds. The Morgan fingerprint density at radius 3 is 2.78 bits per heavy atom. The first-order chi connectivity index (χ1) is 13.0. The Hall–Kier alpha value is -3.17. The molecule has 0 radical (unpaired) electrons. The first-order valence-electron chi connectivity index (χ1n) is 7.58. The average molecular weight is 404 g/mol. The Kier molecular flexibility index (Phi) is 4.17. The lowest BCUT2D eigenvalue weighted by Gasteiger charge is -2.24. The van der Waals surface area contributed by atoms with Crippen LogP contribution >= 0.6 is 22.9 Å². The van der Waals surface area contributed by atoms with E-state index < -0.39 is 23.5 Å². The number of halogens is 1. The van der Waals surface area contributed by atoms with E-state index in [0.717, 1.165) is 16.2 Å². The van der Waals surface area contributed by atoms with Crippen LogP contribution in [0.1, 0.15) is 22.2 Å². The Labute approximate surface area is 160 Å². The van der Waals surface area contributed by atoms with Gasteiger partial charge in [0.1, 0.15) is 17.3 Å². The van der Waals surface area contributed by atoms with E-state index in [-0.39, 0.29) is 32.8 Å². The highest BCUT2D eigenvalue weighted by atomic mass is 35.5. The summed E-state index contributed by atoms with van der Waals surface area (Å²) < 4.78 is 5.12. The second kappa shape index (κ2) is 6.53. The summed E-state index contributed by atoms with van der Waals surface area (Å²) in [4.78, 5) is 26.7. The second-order valence-corrected chi connectivity index (χ2v) is 6.82. The third-order valence-electron chi connectivity index (χ3n) is 4.04. The molecular formula is C17H10ClN3O5S. The zero-order valence-electron chi connectivity index (χ0n) is 13.4. The molecule has 0 bridgehead atoms. The number of anilines is 1. The summed E-state index contributed by atoms with van der Waals surface area (Å²) in [5, 5.41) is 28.8. The lowest BCUT2D eigenvalue weighted by molar-refractivity contribution is -0.117. The fourth-order valence-electron chi connectivity index (χ4n) is 2.89. The molecule has 1 aromatic carbocycles. The van der Waals surface area contributed by atoms with E-state index in [1.54, 1.807) is 0 Å². The molecule has 1 unspecified atom stereocenters. The normalized spacial score (nSPS) is 17.0. The summed E-state index contributed by atoms with van der Waals surface area (Å²) in [6, 6.07) is 5.99. The fraction of sp³-hybridized carbons (Fsp3) is 0.0588. The molecule has 2 aromatic heterocycles. The van der Waals surface area contributed by atoms with Crippen LogP contribution in [-0.4, -0.2) is 32.1 Å². The highest BCUT2D eigenvalue weighted by molar-refractivity contribution is 7.13. The number of aromatic nitrogens is 2. The summed E-state index contributed by atoms with van der Waals surface area (Å²) >= 11 is 7.09. The van der Waals surface area contributed by atoms with E-state index in [0.29, 0.717) is 0 Å². The number of ketones is 1. The molecule has 1 aliphatic rings. The smallest absolute Gasteiger partial charge is 0.296 e. The van der Waals surface area contributed by atoms with Crippen molar-refractivity contribution in [3.8, 4) is 5.75 Å². The van der Waals surface area contributed by atoms with E-state index in [4.69, 9.17) is 16.0 Å². The van der Waals surface area contributed by atoms with E-state index in [2.05, 4.69) is 10.2 Å². The number of furan rings is 1. The summed E-state index contributed by atoms with van der Waals surface area (Å²) in [5.74, 6) is -2.55. The van der Waals surface area contributed by atoms with Crippen LogP contribution in [0.4, 0.5) is 5.13 Å². The maximum absolute atomic E-state index is 12.9. The molecule has 27 heavy (non-hydrogen) atoms. The van der Waals surface area contributed by atoms with Gasteiger partial charge in [-0.25, -0.2) is 0 Å². The highest BCUT2D eigenvalue weighted by Gasteiger charge is 2.47. The molecule has 8 nitrogen and oxygen atoms in total. The van der Waals surface area contributed by atoms with Crippen LogP contribution in [0.15, 0.2) is 57.9 Å². The third kappa shape index (κ3) is 2.77. The van der Waals surface area contributed by atoms with Crippen LogP contribution in [0.5, 0.6) is 5.75 Å². The minimum Gasteiger partial charge on any atom is -0.508 e. The predicted molar refractivity (Wildman–Crippen MR) is 95.9 cm³/mol. The van der Waals surface area contributed by atoms with Crippen molar-refractivity contribution in [2.75, 3.05) is 4.90 Å². The lowest BCUT2D eigenvalue weighted by atomic mass is 9.94. The summed E-state index contributed by atoms with van der Waals surface area (Å²) in [6.07, 6.45) is 1.30. The number of amides is 1. The molecule has 4 rings (SSSR count). The molecule has 3 aromatic rings. The van der Waals surface area contributed by atoms with E-state index in [1.807, 2.05) is 0 Å². The number of hydrogen-bond acceptors (Lipinski definition) is 8. The first kappa shape index (κ1) is 17.3. The maximum atomic E-state index is 12.9. The van der Waals surface area contributed by atoms with Crippen molar-refractivity contribution >= 4 is 39.8 Å². The van der Waals surface area contributed by atoms with Crippen molar-refractivity contribution < 1.29 is 24.2 Å². The van der Waals surface area contributed by atoms with Crippen LogP contribution in [0.3, 0.4) is 0 Å². The van der Waals surface area contributed by atoms with E-state index >= 15 is 0 Å². The Balaban J connectivity index is 1.93. The number of aliphatic hydroxyl groups excluding tert-OH is 1. The molecule has 3 heterocycles. The molecule has 1 atom stereocenters. The number of benzene rings is 1. The molecule has 1 aliphatic heterocycles. The van der Waals surface area contributed by atoms with Gasteiger partial charge in [0.2, 0.25) is 10.9 Å². The van der Waals surface area contributed by atoms with Crippen LogP contribution in [0.25, 0.3) is 0 Å². The average Bonchev–Trinajstić information content (AvgIpc) is 3.39. The van der Waals surface area contributed by atoms with Crippen LogP contribution in [0.2, 0.25) is 5.02 Å². The number of Topliss-reactive ketones (excluding diaryl/α,β-unsaturated/α-hetero) is 1. The number of hydrogen-bond donors (Lipinski definition) is 2. The Morgan fingerprint density at radius 1 is 1.30 bits per heavy atom. The topological polar surface area (TPSA) is 117 Å². The number of nitrogens with zero attached hydrogens (tertiary/aromatic N) is 3. The van der Waals surface area contributed by atoms with Gasteiger partial charge in [0.15, 0.2) is 11.5 Å². The van der Waals surface area contributed by atoms with E-state index in [1.165, 1.54) is 42.1 Å². The van der Waals surface area contributed by atoms with Gasteiger partial charge in [0, 0.05) is 10.6 Å². The number of carbonyl (C=O) groups is 2. The molecule has 2 N–H and O–H groups in total. The summed E-state index contributed by atoms with van der Waals surface area (Å²) in [5.41, 5.74) is 1.31. The van der Waals surface area contributed by atoms with Crippen molar-refractivity contribution in [1.29, 1.82) is 0 Å². The standard InChI is InChI=1S/C17H10ClN3O5S/c18-8-3-4-10(22)9(6-8)13-12(14(23)11-2-1-5-26-11)15(24)16(25)21(13)17-20-19-7-27-17/h1-7,13,22,24H. The van der Waals surface area contributed by atoms with Crippen molar-refractivity contribution in [3.63, 3.8) is 0 Å². The number of aliphatic hydroxyl groups is 1. The molecular weight excluding hydrogens is 394 g/mol. The van der Waals surface area contributed by atoms with Crippen LogP contribution in [0, 0.1) is 0 Å². The fourth-order valence-corrected chi connectivity index (χ4v) is 3.65. The molecule has 10 heteroatoms. The number of phenolic OH excluding ortho intramolecular Hbond substituents is 1. The van der Waals surface area contributed by atoms with Gasteiger partial charge in [-0.05, 0) is 30.3 Å². The van der Waals surface area contributed by atoms with Gasteiger partial charge in [0.05, 0.1) is 11.8 Å². The zero-order valence-corrected chi connectivity index (χ0v) is 14.9. The van der Waals surface area contributed by atoms with Crippen molar-refractivity contribution in [3.05, 3.63) is 69.8 Å². The summed E-state index contributed by atoms with van der Waals surface area (Å²) in [6.45, 7) is 0. The van der Waals surface area contributed by atoms with Crippen molar-refractivity contribution in [2.45, 2.75) is 6.04 Å². The number of aromatic hydroxyl groups is 1. The molecule has 0 spiro atoms. The third-order valence-corrected chi connectivity index (χ3v) is 4.96. The highest BCUT2D eigenvalue weighted by Crippen LogP contribution is 2.45. The molecule has 0 fully saturated rings. The largest absolute Gasteiger partial charge is 0.508 e. The molecule has 0 saturated heterocycles. The van der Waals surface area contributed by atoms with Crippen molar-refractivity contribution in [1.82, 2.24) is 10.2 Å². The monoisotopic (exact) mass is 403 g/mol. The Bertz CT molecular complexity index is 1060. The minimum atomic E-state index is -1.15.